The van der Waals surface area contributed by atoms with Gasteiger partial charge in [0, 0.05) is 11.9 Å². The van der Waals surface area contributed by atoms with Crippen molar-refractivity contribution in [3.63, 3.8) is 0 Å². The molecule has 0 bridgehead atoms. The number of aromatic amines is 1. The van der Waals surface area contributed by atoms with E-state index in [2.05, 4.69) is 25.6 Å². The van der Waals surface area contributed by atoms with Gasteiger partial charge >= 0.3 is 0 Å². The number of amides is 1. The lowest BCUT2D eigenvalue weighted by molar-refractivity contribution is -0.122. The van der Waals surface area contributed by atoms with Gasteiger partial charge in [0.15, 0.2) is 0 Å². The van der Waals surface area contributed by atoms with Crippen LogP contribution < -0.4 is 10.9 Å². The van der Waals surface area contributed by atoms with Gasteiger partial charge in [-0.1, -0.05) is 36.4 Å². The van der Waals surface area contributed by atoms with E-state index in [0.29, 0.717) is 23.0 Å². The Hall–Kier alpha value is -3.81. The van der Waals surface area contributed by atoms with Crippen molar-refractivity contribution >= 4 is 16.7 Å². The zero-order valence-corrected chi connectivity index (χ0v) is 15.2. The number of carbonyl (C=O) groups is 1. The van der Waals surface area contributed by atoms with Gasteiger partial charge in [0.25, 0.3) is 5.56 Å². The highest BCUT2D eigenvalue weighted by atomic mass is 16.2. The molecule has 0 saturated carbocycles. The topological polar surface area (TPSA) is 106 Å². The predicted octanol–water partition coefficient (Wildman–Crippen LogP) is 1.92. The third-order valence-electron chi connectivity index (χ3n) is 4.64. The molecule has 8 nitrogen and oxygen atoms in total. The fourth-order valence-corrected chi connectivity index (χ4v) is 3.14. The fourth-order valence-electron chi connectivity index (χ4n) is 3.14. The van der Waals surface area contributed by atoms with Crippen molar-refractivity contribution in [2.24, 2.45) is 0 Å². The third kappa shape index (κ3) is 3.27. The third-order valence-corrected chi connectivity index (χ3v) is 4.64. The predicted molar refractivity (Wildman–Crippen MR) is 104 cm³/mol. The molecule has 1 unspecified atom stereocenters. The van der Waals surface area contributed by atoms with Crippen molar-refractivity contribution in [3.05, 3.63) is 82.8 Å². The zero-order valence-electron chi connectivity index (χ0n) is 15.2. The Morgan fingerprint density at radius 3 is 2.68 bits per heavy atom. The van der Waals surface area contributed by atoms with Crippen LogP contribution in [0.4, 0.5) is 0 Å². The van der Waals surface area contributed by atoms with Crippen LogP contribution in [0.25, 0.3) is 16.5 Å². The van der Waals surface area contributed by atoms with Gasteiger partial charge in [0.05, 0.1) is 22.7 Å². The lowest BCUT2D eigenvalue weighted by atomic mass is 10.0. The van der Waals surface area contributed by atoms with Crippen LogP contribution in [0.15, 0.2) is 66.0 Å². The maximum absolute atomic E-state index is 12.8. The summed E-state index contributed by atoms with van der Waals surface area (Å²) in [5, 5.41) is 14.9. The van der Waals surface area contributed by atoms with E-state index >= 15 is 0 Å². The molecule has 4 rings (SSSR count). The van der Waals surface area contributed by atoms with Crippen molar-refractivity contribution in [2.45, 2.75) is 19.4 Å². The molecule has 1 atom stereocenters. The minimum Gasteiger partial charge on any atom is -0.351 e. The number of para-hydroxylation sites is 1. The summed E-state index contributed by atoms with van der Waals surface area (Å²) < 4.78 is 1.65. The second kappa shape index (κ2) is 7.43. The van der Waals surface area contributed by atoms with Crippen molar-refractivity contribution in [2.75, 3.05) is 0 Å². The van der Waals surface area contributed by atoms with Gasteiger partial charge in [-0.2, -0.15) is 10.2 Å². The first-order valence-electron chi connectivity index (χ1n) is 8.83. The minimum atomic E-state index is -0.528. The van der Waals surface area contributed by atoms with Crippen LogP contribution in [0.1, 0.15) is 24.1 Å². The molecule has 2 aromatic heterocycles. The van der Waals surface area contributed by atoms with E-state index in [1.54, 1.807) is 36.1 Å². The number of fused-ring (bicyclic) bond motifs is 1. The van der Waals surface area contributed by atoms with E-state index in [1.807, 2.05) is 30.3 Å². The van der Waals surface area contributed by atoms with Gasteiger partial charge in [-0.3, -0.25) is 9.59 Å². The van der Waals surface area contributed by atoms with E-state index in [9.17, 15) is 9.59 Å². The molecule has 0 aliphatic carbocycles. The first-order valence-corrected chi connectivity index (χ1v) is 8.83. The fraction of sp³-hybridized carbons (Fsp3) is 0.150. The van der Waals surface area contributed by atoms with E-state index in [1.165, 1.54) is 6.33 Å². The van der Waals surface area contributed by atoms with Gasteiger partial charge in [-0.05, 0) is 24.6 Å². The number of H-pyrrole nitrogens is 1. The zero-order chi connectivity index (χ0) is 19.5. The van der Waals surface area contributed by atoms with Gasteiger partial charge < -0.3 is 5.32 Å². The number of nitrogens with zero attached hydrogens (tertiary/aromatic N) is 4. The van der Waals surface area contributed by atoms with Gasteiger partial charge in [-0.15, -0.1) is 0 Å². The largest absolute Gasteiger partial charge is 0.351 e. The van der Waals surface area contributed by atoms with Crippen LogP contribution in [0.2, 0.25) is 0 Å². The first kappa shape index (κ1) is 17.6. The van der Waals surface area contributed by atoms with E-state index in [4.69, 9.17) is 0 Å². The van der Waals surface area contributed by atoms with Crippen molar-refractivity contribution in [3.8, 4) is 5.69 Å². The van der Waals surface area contributed by atoms with Crippen LogP contribution in [0.5, 0.6) is 0 Å². The Kier molecular flexibility index (Phi) is 4.67. The Labute approximate surface area is 160 Å². The Morgan fingerprint density at radius 1 is 1.14 bits per heavy atom. The van der Waals surface area contributed by atoms with Crippen molar-refractivity contribution in [1.82, 2.24) is 30.3 Å². The number of hydrogen-bond acceptors (Lipinski definition) is 5. The molecule has 2 heterocycles. The van der Waals surface area contributed by atoms with E-state index in [0.717, 1.165) is 11.3 Å². The number of hydrogen-bond donors (Lipinski definition) is 2. The van der Waals surface area contributed by atoms with Gasteiger partial charge in [0.2, 0.25) is 5.91 Å². The average Bonchev–Trinajstić information content (AvgIpc) is 3.27. The van der Waals surface area contributed by atoms with Crippen molar-refractivity contribution in [1.29, 1.82) is 0 Å². The second-order valence-corrected chi connectivity index (χ2v) is 6.39. The van der Waals surface area contributed by atoms with Crippen molar-refractivity contribution < 1.29 is 4.79 Å². The molecular weight excluding hydrogens is 356 g/mol. The SMILES string of the molecule is CC(C(=O)NCc1ccccc1-n1cncn1)c1n[nH]c(=O)c2ccccc12. The lowest BCUT2D eigenvalue weighted by Crippen LogP contribution is -2.29. The quantitative estimate of drug-likeness (QED) is 0.555. The Balaban J connectivity index is 1.56. The lowest BCUT2D eigenvalue weighted by Gasteiger charge is -2.15. The van der Waals surface area contributed by atoms with E-state index in [-0.39, 0.29) is 11.5 Å². The summed E-state index contributed by atoms with van der Waals surface area (Å²) in [6.07, 6.45) is 3.07. The van der Waals surface area contributed by atoms with Crippen LogP contribution >= 0.6 is 0 Å². The molecule has 0 spiro atoms. The second-order valence-electron chi connectivity index (χ2n) is 6.39. The normalized spacial score (nSPS) is 12.0. The summed E-state index contributed by atoms with van der Waals surface area (Å²) in [7, 11) is 0. The number of nitrogens with one attached hydrogen (secondary N) is 2. The molecule has 0 aliphatic rings. The molecule has 1 amide bonds. The average molecular weight is 374 g/mol. The number of benzene rings is 2. The number of carbonyl (C=O) groups excluding carboxylic acids is 1. The highest BCUT2D eigenvalue weighted by Crippen LogP contribution is 2.21. The monoisotopic (exact) mass is 374 g/mol. The maximum Gasteiger partial charge on any atom is 0.272 e. The highest BCUT2D eigenvalue weighted by Gasteiger charge is 2.20. The summed E-state index contributed by atoms with van der Waals surface area (Å²) >= 11 is 0. The molecule has 2 N–H and O–H groups in total. The summed E-state index contributed by atoms with van der Waals surface area (Å²) in [4.78, 5) is 28.7. The summed E-state index contributed by atoms with van der Waals surface area (Å²) in [5.74, 6) is -0.710. The molecular formula is C20H18N6O2. The van der Waals surface area contributed by atoms with Gasteiger partial charge in [0.1, 0.15) is 12.7 Å². The molecule has 0 aliphatic heterocycles. The number of aromatic nitrogens is 5. The smallest absolute Gasteiger partial charge is 0.272 e. The maximum atomic E-state index is 12.8. The van der Waals surface area contributed by atoms with E-state index < -0.39 is 5.92 Å². The molecule has 0 saturated heterocycles. The molecule has 2 aromatic carbocycles. The van der Waals surface area contributed by atoms with Crippen LogP contribution in [-0.2, 0) is 11.3 Å². The molecule has 8 heteroatoms. The standard InChI is InChI=1S/C20H18N6O2/c1-13(18-15-7-3-4-8-16(15)20(28)25-24-18)19(27)22-10-14-6-2-5-9-17(14)26-12-21-11-23-26/h2-9,11-13H,10H2,1H3,(H,22,27)(H,25,28). The summed E-state index contributed by atoms with van der Waals surface area (Å²) in [6, 6.07) is 14.8. The molecule has 28 heavy (non-hydrogen) atoms. The highest BCUT2D eigenvalue weighted by molar-refractivity contribution is 5.90. The Morgan fingerprint density at radius 2 is 1.89 bits per heavy atom. The molecule has 0 radical (unpaired) electrons. The number of rotatable bonds is 5. The Bertz CT molecular complexity index is 1180. The van der Waals surface area contributed by atoms with Crippen LogP contribution in [0, 0.1) is 0 Å². The van der Waals surface area contributed by atoms with Gasteiger partial charge in [-0.25, -0.2) is 14.8 Å². The summed E-state index contributed by atoms with van der Waals surface area (Å²) in [5.41, 5.74) is 2.03. The molecule has 140 valence electrons. The first-order chi connectivity index (χ1) is 13.6. The van der Waals surface area contributed by atoms with Crippen LogP contribution in [-0.4, -0.2) is 30.9 Å². The summed E-state index contributed by atoms with van der Waals surface area (Å²) in [6.45, 7) is 2.10. The molecule has 0 fully saturated rings. The minimum absolute atomic E-state index is 0.182. The van der Waals surface area contributed by atoms with Crippen LogP contribution in [0.3, 0.4) is 0 Å². The molecule has 4 aromatic rings.